The van der Waals surface area contributed by atoms with Gasteiger partial charge in [-0.15, -0.1) is 0 Å². The number of anilines is 1. The summed E-state index contributed by atoms with van der Waals surface area (Å²) in [5.74, 6) is 0.0165. The molecule has 0 radical (unpaired) electrons. The molecule has 7 unspecified atom stereocenters. The number of halogens is 6. The Bertz CT molecular complexity index is 1070. The van der Waals surface area contributed by atoms with Gasteiger partial charge >= 0.3 is 12.4 Å². The van der Waals surface area contributed by atoms with Crippen LogP contribution < -0.4 is 10.6 Å². The second kappa shape index (κ2) is 8.50. The number of benzene rings is 1. The molecular weight excluding hydrogens is 482 g/mol. The van der Waals surface area contributed by atoms with Crippen LogP contribution in [0.2, 0.25) is 0 Å². The molecule has 0 spiro atoms. The molecule has 9 heteroatoms. The van der Waals surface area contributed by atoms with Crippen LogP contribution in [-0.4, -0.2) is 18.5 Å². The Morgan fingerprint density at radius 2 is 1.72 bits per heavy atom. The third-order valence-electron chi connectivity index (χ3n) is 9.96. The maximum atomic E-state index is 13.6. The molecule has 3 fully saturated rings. The van der Waals surface area contributed by atoms with Gasteiger partial charge in [0.05, 0.1) is 16.8 Å². The fraction of sp³-hybridized carbons (Fsp3) is 0.667. The van der Waals surface area contributed by atoms with Gasteiger partial charge in [-0.3, -0.25) is 4.79 Å². The summed E-state index contributed by atoms with van der Waals surface area (Å²) >= 11 is 0. The van der Waals surface area contributed by atoms with Crippen molar-refractivity contribution in [3.8, 4) is 0 Å². The summed E-state index contributed by atoms with van der Waals surface area (Å²) in [4.78, 5) is 13.4. The van der Waals surface area contributed by atoms with Crippen molar-refractivity contribution in [1.29, 1.82) is 0 Å². The topological polar surface area (TPSA) is 41.1 Å². The van der Waals surface area contributed by atoms with Crippen LogP contribution in [0.3, 0.4) is 0 Å². The van der Waals surface area contributed by atoms with Gasteiger partial charge in [-0.1, -0.05) is 26.0 Å². The normalized spacial score (nSPS) is 38.2. The van der Waals surface area contributed by atoms with Crippen LogP contribution in [0.15, 0.2) is 30.4 Å². The first-order chi connectivity index (χ1) is 16.7. The van der Waals surface area contributed by atoms with Crippen molar-refractivity contribution >= 4 is 11.6 Å². The number of carbonyl (C=O) groups is 1. The molecule has 36 heavy (non-hydrogen) atoms. The molecule has 1 heterocycles. The molecule has 1 aromatic carbocycles. The van der Waals surface area contributed by atoms with Crippen LogP contribution in [0.4, 0.5) is 32.0 Å². The lowest BCUT2D eigenvalue weighted by Gasteiger charge is -2.59. The van der Waals surface area contributed by atoms with Gasteiger partial charge in [0.25, 0.3) is 0 Å². The van der Waals surface area contributed by atoms with Crippen LogP contribution in [0, 0.1) is 34.5 Å². The van der Waals surface area contributed by atoms with Crippen LogP contribution in [0.5, 0.6) is 0 Å². The van der Waals surface area contributed by atoms with E-state index >= 15 is 0 Å². The molecule has 5 rings (SSSR count). The standard InChI is InChI=1S/C27H32F6N2O/c1-24-12-10-18-16(5-9-22-25(18,2)11-3-13-34-22)17(24)7-8-20(24)23(36)35-21-14-15(26(28,29)30)4-6-19(21)27(31,32)33/h3-4,6,11,14,16-18,20,22,34H,5,7-10,12-13H2,1-2H3,(H,35,36). The first-order valence-electron chi connectivity index (χ1n) is 12.8. The number of amides is 1. The zero-order valence-electron chi connectivity index (χ0n) is 20.4. The molecule has 1 amide bonds. The minimum Gasteiger partial charge on any atom is -0.325 e. The van der Waals surface area contributed by atoms with E-state index in [0.717, 1.165) is 38.6 Å². The Hall–Kier alpha value is -2.03. The highest BCUT2D eigenvalue weighted by molar-refractivity contribution is 5.94. The SMILES string of the molecule is CC12C=CCNC1CCC1C2CCC2(C)C(C(=O)Nc3cc(C(F)(F)F)ccc3C(F)(F)F)CCC12. The average Bonchev–Trinajstić information content (AvgIpc) is 3.14. The second-order valence-corrected chi connectivity index (χ2v) is 11.6. The number of hydrogen-bond donors (Lipinski definition) is 2. The summed E-state index contributed by atoms with van der Waals surface area (Å²) in [6, 6.07) is 1.62. The monoisotopic (exact) mass is 514 g/mol. The highest BCUT2D eigenvalue weighted by Gasteiger charge is 2.60. The fourth-order valence-electron chi connectivity index (χ4n) is 8.20. The molecule has 1 aliphatic heterocycles. The number of nitrogens with one attached hydrogen (secondary N) is 2. The van der Waals surface area contributed by atoms with Gasteiger partial charge in [-0.25, -0.2) is 0 Å². The number of fused-ring (bicyclic) bond motifs is 5. The molecule has 0 bridgehead atoms. The number of hydrogen-bond acceptors (Lipinski definition) is 2. The predicted octanol–water partition coefficient (Wildman–Crippen LogP) is 7.05. The van der Waals surface area contributed by atoms with E-state index in [4.69, 9.17) is 0 Å². The Balaban J connectivity index is 1.40. The molecule has 3 saturated carbocycles. The van der Waals surface area contributed by atoms with Gasteiger partial charge in [-0.05, 0) is 79.9 Å². The molecule has 4 aliphatic rings. The first kappa shape index (κ1) is 25.6. The van der Waals surface area contributed by atoms with Crippen molar-refractivity contribution in [1.82, 2.24) is 5.32 Å². The molecular formula is C27H32F6N2O. The van der Waals surface area contributed by atoms with Gasteiger partial charge in [-0.2, -0.15) is 26.3 Å². The van der Waals surface area contributed by atoms with E-state index in [9.17, 15) is 31.1 Å². The second-order valence-electron chi connectivity index (χ2n) is 11.6. The lowest BCUT2D eigenvalue weighted by Crippen LogP contribution is -2.58. The fourth-order valence-corrected chi connectivity index (χ4v) is 8.20. The van der Waals surface area contributed by atoms with Crippen molar-refractivity contribution in [3.05, 3.63) is 41.5 Å². The smallest absolute Gasteiger partial charge is 0.325 e. The van der Waals surface area contributed by atoms with E-state index < -0.39 is 41.0 Å². The molecule has 1 aromatic rings. The lowest BCUT2D eigenvalue weighted by molar-refractivity contribution is -0.141. The van der Waals surface area contributed by atoms with E-state index in [2.05, 4.69) is 36.6 Å². The summed E-state index contributed by atoms with van der Waals surface area (Å²) in [6.07, 6.45) is -0.0279. The van der Waals surface area contributed by atoms with E-state index in [1.165, 1.54) is 0 Å². The maximum Gasteiger partial charge on any atom is 0.418 e. The van der Waals surface area contributed by atoms with E-state index in [1.54, 1.807) is 0 Å². The number of alkyl halides is 6. The van der Waals surface area contributed by atoms with Gasteiger partial charge in [0, 0.05) is 23.9 Å². The Morgan fingerprint density at radius 1 is 0.972 bits per heavy atom. The van der Waals surface area contributed by atoms with Gasteiger partial charge in [0.1, 0.15) is 0 Å². The maximum absolute atomic E-state index is 13.6. The first-order valence-corrected chi connectivity index (χ1v) is 12.8. The third kappa shape index (κ3) is 4.05. The number of rotatable bonds is 2. The third-order valence-corrected chi connectivity index (χ3v) is 9.96. The van der Waals surface area contributed by atoms with E-state index in [1.807, 2.05) is 0 Å². The Morgan fingerprint density at radius 3 is 2.42 bits per heavy atom. The minimum atomic E-state index is -4.89. The summed E-state index contributed by atoms with van der Waals surface area (Å²) in [5.41, 5.74) is -3.66. The largest absolute Gasteiger partial charge is 0.418 e. The molecule has 0 saturated heterocycles. The van der Waals surface area contributed by atoms with Crippen LogP contribution in [0.1, 0.15) is 63.5 Å². The van der Waals surface area contributed by atoms with Crippen LogP contribution >= 0.6 is 0 Å². The molecule has 0 aromatic heterocycles. The minimum absolute atomic E-state index is 0.0441. The highest BCUT2D eigenvalue weighted by Crippen LogP contribution is 2.65. The van der Waals surface area contributed by atoms with Crippen LogP contribution in [0.25, 0.3) is 0 Å². The van der Waals surface area contributed by atoms with E-state index in [-0.39, 0.29) is 16.7 Å². The van der Waals surface area contributed by atoms with Crippen molar-refractivity contribution < 1.29 is 31.1 Å². The average molecular weight is 515 g/mol. The molecule has 3 aliphatic carbocycles. The quantitative estimate of drug-likeness (QED) is 0.328. The summed E-state index contributed by atoms with van der Waals surface area (Å²) < 4.78 is 80.3. The lowest BCUT2D eigenvalue weighted by atomic mass is 9.48. The molecule has 7 atom stereocenters. The Kier molecular flexibility index (Phi) is 6.05. The van der Waals surface area contributed by atoms with Crippen molar-refractivity contribution in [2.24, 2.45) is 34.5 Å². The molecule has 2 N–H and O–H groups in total. The van der Waals surface area contributed by atoms with Crippen molar-refractivity contribution in [2.75, 3.05) is 11.9 Å². The summed E-state index contributed by atoms with van der Waals surface area (Å²) in [5, 5.41) is 5.90. The number of carbonyl (C=O) groups excluding carboxylic acids is 1. The summed E-state index contributed by atoms with van der Waals surface area (Å²) in [7, 11) is 0. The van der Waals surface area contributed by atoms with E-state index in [0.29, 0.717) is 42.5 Å². The van der Waals surface area contributed by atoms with Gasteiger partial charge < -0.3 is 10.6 Å². The van der Waals surface area contributed by atoms with Crippen molar-refractivity contribution in [3.63, 3.8) is 0 Å². The molecule has 198 valence electrons. The Labute approximate surface area is 207 Å². The summed E-state index contributed by atoms with van der Waals surface area (Å²) in [6.45, 7) is 5.24. The van der Waals surface area contributed by atoms with Gasteiger partial charge in [0.15, 0.2) is 0 Å². The highest BCUT2D eigenvalue weighted by atomic mass is 19.4. The van der Waals surface area contributed by atoms with Crippen LogP contribution in [-0.2, 0) is 17.1 Å². The van der Waals surface area contributed by atoms with Gasteiger partial charge in [0.2, 0.25) is 5.91 Å². The van der Waals surface area contributed by atoms with Crippen molar-refractivity contribution in [2.45, 2.75) is 70.8 Å². The zero-order valence-corrected chi connectivity index (χ0v) is 20.4. The molecule has 3 nitrogen and oxygen atoms in total. The zero-order chi connectivity index (χ0) is 26.1. The predicted molar refractivity (Wildman–Crippen MR) is 124 cm³/mol.